The second-order valence-corrected chi connectivity index (χ2v) is 4.21. The molecule has 0 aliphatic carbocycles. The maximum Gasteiger partial charge on any atom is 0.231 e. The Morgan fingerprint density at radius 2 is 2.10 bits per heavy atom. The molecule has 0 aliphatic rings. The first-order valence-electron chi connectivity index (χ1n) is 5.97. The van der Waals surface area contributed by atoms with Crippen LogP contribution in [0.25, 0.3) is 11.0 Å². The van der Waals surface area contributed by atoms with Crippen LogP contribution in [0.15, 0.2) is 47.1 Å². The number of carbonyl (C=O) groups is 1. The van der Waals surface area contributed by atoms with E-state index in [1.807, 2.05) is 18.2 Å². The number of para-hydroxylation sites is 1. The number of amides is 1. The highest BCUT2D eigenvalue weighted by Crippen LogP contribution is 2.18. The first kappa shape index (κ1) is 12.3. The van der Waals surface area contributed by atoms with Crippen molar-refractivity contribution < 1.29 is 13.7 Å². The van der Waals surface area contributed by atoms with Gasteiger partial charge in [0.05, 0.1) is 12.6 Å². The number of hydrogen-bond acceptors (Lipinski definition) is 4. The molecule has 0 radical (unpaired) electrons. The number of nitrogens with one attached hydrogen (secondary N) is 1. The Balaban J connectivity index is 1.74. The molecule has 3 rings (SSSR count). The molecule has 5 nitrogen and oxygen atoms in total. The second kappa shape index (κ2) is 5.08. The molecular formula is C14H10FN3O2. The van der Waals surface area contributed by atoms with Gasteiger partial charge in [-0.15, -0.1) is 0 Å². The van der Waals surface area contributed by atoms with E-state index in [0.717, 1.165) is 11.6 Å². The molecule has 20 heavy (non-hydrogen) atoms. The number of halogens is 1. The van der Waals surface area contributed by atoms with Crippen molar-refractivity contribution in [2.24, 2.45) is 0 Å². The van der Waals surface area contributed by atoms with Crippen molar-refractivity contribution in [3.8, 4) is 0 Å². The number of pyridine rings is 1. The van der Waals surface area contributed by atoms with E-state index in [4.69, 9.17) is 4.52 Å². The maximum atomic E-state index is 12.7. The second-order valence-electron chi connectivity index (χ2n) is 4.21. The minimum atomic E-state index is -0.453. The highest BCUT2D eigenvalue weighted by molar-refractivity contribution is 5.93. The number of aromatic nitrogens is 2. The minimum absolute atomic E-state index is 0.0655. The van der Waals surface area contributed by atoms with E-state index in [9.17, 15) is 9.18 Å². The molecule has 1 amide bonds. The third kappa shape index (κ3) is 2.49. The Bertz CT molecular complexity index is 752. The lowest BCUT2D eigenvalue weighted by Crippen LogP contribution is -2.15. The number of anilines is 1. The molecule has 0 unspecified atom stereocenters. The summed E-state index contributed by atoms with van der Waals surface area (Å²) in [5.74, 6) is -0.446. The summed E-state index contributed by atoms with van der Waals surface area (Å²) < 4.78 is 17.8. The van der Waals surface area contributed by atoms with Crippen LogP contribution >= 0.6 is 0 Å². The van der Waals surface area contributed by atoms with Crippen molar-refractivity contribution >= 4 is 22.7 Å². The fraction of sp³-hybridized carbons (Fsp3) is 0.0714. The quantitative estimate of drug-likeness (QED) is 0.794. The fourth-order valence-electron chi connectivity index (χ4n) is 1.85. The normalized spacial score (nSPS) is 10.7. The van der Waals surface area contributed by atoms with Crippen molar-refractivity contribution in [3.05, 3.63) is 54.1 Å². The van der Waals surface area contributed by atoms with Gasteiger partial charge in [0.15, 0.2) is 5.58 Å². The summed E-state index contributed by atoms with van der Waals surface area (Å²) in [7, 11) is 0. The third-order valence-electron chi connectivity index (χ3n) is 2.78. The van der Waals surface area contributed by atoms with E-state index in [1.54, 1.807) is 6.07 Å². The molecule has 0 saturated heterocycles. The molecule has 0 fully saturated rings. The Hall–Kier alpha value is -2.76. The van der Waals surface area contributed by atoms with Gasteiger partial charge in [0.2, 0.25) is 5.91 Å². The van der Waals surface area contributed by atoms with Gasteiger partial charge < -0.3 is 9.84 Å². The molecule has 0 atom stereocenters. The van der Waals surface area contributed by atoms with Gasteiger partial charge in [-0.1, -0.05) is 17.3 Å². The predicted octanol–water partition coefficient (Wildman–Crippen LogP) is 2.54. The van der Waals surface area contributed by atoms with E-state index >= 15 is 0 Å². The fourth-order valence-corrected chi connectivity index (χ4v) is 1.85. The number of benzene rings is 1. The van der Waals surface area contributed by atoms with Crippen LogP contribution in [-0.2, 0) is 11.2 Å². The molecule has 6 heteroatoms. The zero-order valence-corrected chi connectivity index (χ0v) is 10.3. The zero-order valence-electron chi connectivity index (χ0n) is 10.3. The van der Waals surface area contributed by atoms with Crippen LogP contribution in [0.5, 0.6) is 0 Å². The average molecular weight is 271 g/mol. The lowest BCUT2D eigenvalue weighted by atomic mass is 10.1. The largest absolute Gasteiger partial charge is 0.356 e. The Labute approximate surface area is 113 Å². The molecule has 0 spiro atoms. The van der Waals surface area contributed by atoms with Gasteiger partial charge in [0.1, 0.15) is 17.3 Å². The first-order valence-corrected chi connectivity index (χ1v) is 5.97. The van der Waals surface area contributed by atoms with Gasteiger partial charge in [0, 0.05) is 5.39 Å². The van der Waals surface area contributed by atoms with E-state index in [1.165, 1.54) is 12.1 Å². The van der Waals surface area contributed by atoms with Gasteiger partial charge in [-0.3, -0.25) is 4.79 Å². The van der Waals surface area contributed by atoms with Crippen molar-refractivity contribution in [2.45, 2.75) is 6.42 Å². The van der Waals surface area contributed by atoms with Crippen LogP contribution in [-0.4, -0.2) is 16.0 Å². The van der Waals surface area contributed by atoms with Crippen LogP contribution in [0, 0.1) is 5.82 Å². The first-order chi connectivity index (χ1) is 9.72. The summed E-state index contributed by atoms with van der Waals surface area (Å²) >= 11 is 0. The van der Waals surface area contributed by atoms with E-state index in [-0.39, 0.29) is 12.3 Å². The molecule has 1 N–H and O–H groups in total. The molecular weight excluding hydrogens is 261 g/mol. The average Bonchev–Trinajstić information content (AvgIpc) is 2.85. The predicted molar refractivity (Wildman–Crippen MR) is 70.5 cm³/mol. The van der Waals surface area contributed by atoms with Crippen molar-refractivity contribution in [2.75, 3.05) is 5.32 Å². The van der Waals surface area contributed by atoms with E-state index in [2.05, 4.69) is 15.5 Å². The maximum absolute atomic E-state index is 12.7. The Morgan fingerprint density at radius 3 is 2.90 bits per heavy atom. The Morgan fingerprint density at radius 1 is 1.25 bits per heavy atom. The topological polar surface area (TPSA) is 68.0 Å². The highest BCUT2D eigenvalue weighted by Gasteiger charge is 2.12. The number of carbonyl (C=O) groups excluding carboxylic acids is 1. The third-order valence-corrected chi connectivity index (χ3v) is 2.78. The SMILES string of the molecule is O=C(Cc1noc2ccccc12)Nc1ccc(F)cn1. The van der Waals surface area contributed by atoms with Crippen LogP contribution in [0.4, 0.5) is 10.2 Å². The summed E-state index contributed by atoms with van der Waals surface area (Å²) in [6.45, 7) is 0. The minimum Gasteiger partial charge on any atom is -0.356 e. The van der Waals surface area contributed by atoms with Crippen molar-refractivity contribution in [3.63, 3.8) is 0 Å². The Kier molecular flexibility index (Phi) is 3.12. The van der Waals surface area contributed by atoms with Crippen LogP contribution in [0.2, 0.25) is 0 Å². The summed E-state index contributed by atoms with van der Waals surface area (Å²) in [5.41, 5.74) is 1.19. The van der Waals surface area contributed by atoms with Gasteiger partial charge >= 0.3 is 0 Å². The molecule has 1 aromatic carbocycles. The monoisotopic (exact) mass is 271 g/mol. The summed E-state index contributed by atoms with van der Waals surface area (Å²) in [4.78, 5) is 15.6. The molecule has 0 saturated carbocycles. The molecule has 100 valence electrons. The van der Waals surface area contributed by atoms with Crippen molar-refractivity contribution in [1.29, 1.82) is 0 Å². The van der Waals surface area contributed by atoms with E-state index in [0.29, 0.717) is 17.1 Å². The molecule has 3 aromatic rings. The van der Waals surface area contributed by atoms with Gasteiger partial charge in [-0.25, -0.2) is 9.37 Å². The van der Waals surface area contributed by atoms with Crippen LogP contribution in [0.3, 0.4) is 0 Å². The van der Waals surface area contributed by atoms with Crippen molar-refractivity contribution in [1.82, 2.24) is 10.1 Å². The van der Waals surface area contributed by atoms with Gasteiger partial charge in [-0.05, 0) is 24.3 Å². The smallest absolute Gasteiger partial charge is 0.231 e. The molecule has 0 bridgehead atoms. The van der Waals surface area contributed by atoms with Crippen LogP contribution < -0.4 is 5.32 Å². The summed E-state index contributed by atoms with van der Waals surface area (Å²) in [5, 5.41) is 7.25. The standard InChI is InChI=1S/C14H10FN3O2/c15-9-5-6-13(16-8-9)17-14(19)7-11-10-3-1-2-4-12(10)20-18-11/h1-6,8H,7H2,(H,16,17,19). The lowest BCUT2D eigenvalue weighted by Gasteiger charge is -2.02. The summed E-state index contributed by atoms with van der Waals surface area (Å²) in [6, 6.07) is 9.93. The molecule has 0 aliphatic heterocycles. The molecule has 2 aromatic heterocycles. The van der Waals surface area contributed by atoms with Gasteiger partial charge in [-0.2, -0.15) is 0 Å². The van der Waals surface area contributed by atoms with Gasteiger partial charge in [0.25, 0.3) is 0 Å². The zero-order chi connectivity index (χ0) is 13.9. The summed E-state index contributed by atoms with van der Waals surface area (Å²) in [6.07, 6.45) is 1.11. The number of hydrogen-bond donors (Lipinski definition) is 1. The van der Waals surface area contributed by atoms with Crippen LogP contribution in [0.1, 0.15) is 5.69 Å². The van der Waals surface area contributed by atoms with E-state index < -0.39 is 5.82 Å². The lowest BCUT2D eigenvalue weighted by molar-refractivity contribution is -0.115. The number of rotatable bonds is 3. The highest BCUT2D eigenvalue weighted by atomic mass is 19.1. The molecule has 2 heterocycles. The number of nitrogens with zero attached hydrogens (tertiary/aromatic N) is 2. The number of fused-ring (bicyclic) bond motifs is 1.